The average molecular weight is 280 g/mol. The smallest absolute Gasteiger partial charge is 0.211 e. The zero-order chi connectivity index (χ0) is 12.4. The lowest BCUT2D eigenvalue weighted by Crippen LogP contribution is -2.40. The number of rotatable bonds is 3. The van der Waals surface area contributed by atoms with E-state index in [1.54, 1.807) is 0 Å². The number of nitrogens with one attached hydrogen (secondary N) is 1. The summed E-state index contributed by atoms with van der Waals surface area (Å²) in [5.41, 5.74) is 0. The second kappa shape index (κ2) is 5.10. The number of halogens is 4. The lowest BCUT2D eigenvalue weighted by molar-refractivity contribution is -0.182. The van der Waals surface area contributed by atoms with E-state index in [4.69, 9.17) is 11.6 Å². The predicted octanol–water partition coefficient (Wildman–Crippen LogP) is 2.22. The third-order valence-electron chi connectivity index (χ3n) is 2.68. The molecular weight excluding hydrogens is 267 g/mol. The van der Waals surface area contributed by atoms with Gasteiger partial charge in [-0.05, 0) is 25.7 Å². The maximum absolute atomic E-state index is 12.3. The van der Waals surface area contributed by atoms with E-state index in [1.807, 2.05) is 0 Å². The Balaban J connectivity index is 2.44. The summed E-state index contributed by atoms with van der Waals surface area (Å²) in [5, 5.41) is -0.563. The summed E-state index contributed by atoms with van der Waals surface area (Å²) in [6.45, 7) is 0. The van der Waals surface area contributed by atoms with Gasteiger partial charge in [0.25, 0.3) is 0 Å². The van der Waals surface area contributed by atoms with Gasteiger partial charge in [0.2, 0.25) is 10.0 Å². The molecule has 8 heteroatoms. The Bertz CT molecular complexity index is 323. The molecule has 1 saturated carbocycles. The summed E-state index contributed by atoms with van der Waals surface area (Å²) < 4.78 is 61.4. The molecule has 0 aromatic carbocycles. The van der Waals surface area contributed by atoms with E-state index < -0.39 is 33.4 Å². The molecule has 0 aromatic rings. The highest BCUT2D eigenvalue weighted by Gasteiger charge is 2.41. The molecule has 0 aromatic heterocycles. The Morgan fingerprint density at radius 3 is 2.06 bits per heavy atom. The molecule has 1 fully saturated rings. The summed E-state index contributed by atoms with van der Waals surface area (Å²) in [7, 11) is -3.54. The van der Waals surface area contributed by atoms with Crippen molar-refractivity contribution >= 4 is 21.6 Å². The highest BCUT2D eigenvalue weighted by molar-refractivity contribution is 7.90. The summed E-state index contributed by atoms with van der Waals surface area (Å²) in [4.78, 5) is 0. The largest absolute Gasteiger partial charge is 0.391 e. The van der Waals surface area contributed by atoms with E-state index in [0.29, 0.717) is 0 Å². The third kappa shape index (κ3) is 4.10. The lowest BCUT2D eigenvalue weighted by Gasteiger charge is -2.29. The fourth-order valence-corrected chi connectivity index (χ4v) is 2.82. The van der Waals surface area contributed by atoms with Gasteiger partial charge in [0.1, 0.15) is 5.21 Å². The van der Waals surface area contributed by atoms with E-state index in [2.05, 4.69) is 4.72 Å². The van der Waals surface area contributed by atoms with Crippen LogP contribution in [0.5, 0.6) is 0 Å². The molecule has 3 nitrogen and oxygen atoms in total. The van der Waals surface area contributed by atoms with Gasteiger partial charge in [-0.15, -0.1) is 11.6 Å². The van der Waals surface area contributed by atoms with Crippen molar-refractivity contribution < 1.29 is 21.6 Å². The number of hydrogen-bond acceptors (Lipinski definition) is 2. The molecule has 1 aliphatic carbocycles. The van der Waals surface area contributed by atoms with E-state index in [9.17, 15) is 21.6 Å². The second-order valence-corrected chi connectivity index (χ2v) is 6.27. The zero-order valence-corrected chi connectivity index (χ0v) is 10.00. The van der Waals surface area contributed by atoms with Crippen molar-refractivity contribution in [1.82, 2.24) is 4.72 Å². The maximum Gasteiger partial charge on any atom is 0.391 e. The Morgan fingerprint density at radius 1 is 1.19 bits per heavy atom. The van der Waals surface area contributed by atoms with Gasteiger partial charge in [-0.1, -0.05) is 0 Å². The van der Waals surface area contributed by atoms with Crippen LogP contribution in [0.4, 0.5) is 13.2 Å². The average Bonchev–Trinajstić information content (AvgIpc) is 2.16. The molecule has 0 bridgehead atoms. The molecule has 1 N–H and O–H groups in total. The van der Waals surface area contributed by atoms with Gasteiger partial charge in [0, 0.05) is 6.04 Å². The summed E-state index contributed by atoms with van der Waals surface area (Å²) in [5.74, 6) is -1.30. The monoisotopic (exact) mass is 279 g/mol. The molecule has 1 aliphatic rings. The van der Waals surface area contributed by atoms with Crippen LogP contribution < -0.4 is 4.72 Å². The second-order valence-electron chi connectivity index (χ2n) is 3.93. The number of sulfonamides is 1. The van der Waals surface area contributed by atoms with Crippen LogP contribution in [0.3, 0.4) is 0 Å². The van der Waals surface area contributed by atoms with Gasteiger partial charge >= 0.3 is 6.18 Å². The first-order chi connectivity index (χ1) is 7.24. The van der Waals surface area contributed by atoms with Gasteiger partial charge in [-0.25, -0.2) is 13.1 Å². The quantitative estimate of drug-likeness (QED) is 0.805. The normalized spacial score (nSPS) is 28.0. The van der Waals surface area contributed by atoms with Crippen LogP contribution in [0.25, 0.3) is 0 Å². The van der Waals surface area contributed by atoms with Crippen LogP contribution in [0.1, 0.15) is 25.7 Å². The lowest BCUT2D eigenvalue weighted by atomic mass is 9.86. The highest BCUT2D eigenvalue weighted by Crippen LogP contribution is 2.37. The van der Waals surface area contributed by atoms with Crippen LogP contribution in [-0.4, -0.2) is 25.8 Å². The minimum atomic E-state index is -4.17. The first-order valence-electron chi connectivity index (χ1n) is 4.87. The van der Waals surface area contributed by atoms with Crippen molar-refractivity contribution in [1.29, 1.82) is 0 Å². The van der Waals surface area contributed by atoms with E-state index in [1.165, 1.54) is 0 Å². The van der Waals surface area contributed by atoms with E-state index in [0.717, 1.165) is 0 Å². The van der Waals surface area contributed by atoms with Crippen molar-refractivity contribution in [3.05, 3.63) is 0 Å². The minimum absolute atomic E-state index is 0.0288. The standard InChI is InChI=1S/C8H13ClF3NO2S/c9-5-16(14,15)13-7-3-1-6(2-4-7)8(10,11)12/h6-7,13H,1-5H2. The van der Waals surface area contributed by atoms with Crippen molar-refractivity contribution in [2.45, 2.75) is 37.9 Å². The van der Waals surface area contributed by atoms with Gasteiger partial charge < -0.3 is 0 Å². The van der Waals surface area contributed by atoms with Crippen molar-refractivity contribution in [3.8, 4) is 0 Å². The Morgan fingerprint density at radius 2 is 1.69 bits per heavy atom. The van der Waals surface area contributed by atoms with Crippen LogP contribution in [-0.2, 0) is 10.0 Å². The first-order valence-corrected chi connectivity index (χ1v) is 7.06. The van der Waals surface area contributed by atoms with Gasteiger partial charge in [-0.3, -0.25) is 0 Å². The Hall–Kier alpha value is -0.0100. The maximum atomic E-state index is 12.3. The Labute approximate surface area is 97.4 Å². The number of alkyl halides is 4. The Kier molecular flexibility index (Phi) is 4.48. The van der Waals surface area contributed by atoms with Crippen molar-refractivity contribution in [3.63, 3.8) is 0 Å². The summed E-state index contributed by atoms with van der Waals surface area (Å²) in [6, 6.07) is -0.414. The summed E-state index contributed by atoms with van der Waals surface area (Å²) >= 11 is 5.18. The molecule has 0 unspecified atom stereocenters. The molecule has 0 radical (unpaired) electrons. The molecule has 0 atom stereocenters. The topological polar surface area (TPSA) is 46.2 Å². The SMILES string of the molecule is O=S(=O)(CCl)NC1CCC(C(F)(F)F)CC1. The van der Waals surface area contributed by atoms with Crippen molar-refractivity contribution in [2.75, 3.05) is 5.21 Å². The van der Waals surface area contributed by atoms with E-state index >= 15 is 0 Å². The molecule has 1 rings (SSSR count). The van der Waals surface area contributed by atoms with Crippen LogP contribution in [0, 0.1) is 5.92 Å². The van der Waals surface area contributed by atoms with E-state index in [-0.39, 0.29) is 25.7 Å². The number of hydrogen-bond donors (Lipinski definition) is 1. The molecule has 0 amide bonds. The van der Waals surface area contributed by atoms with Gasteiger partial charge in [-0.2, -0.15) is 13.2 Å². The molecular formula is C8H13ClF3NO2S. The molecule has 0 spiro atoms. The fraction of sp³-hybridized carbons (Fsp3) is 1.00. The van der Waals surface area contributed by atoms with Crippen LogP contribution >= 0.6 is 11.6 Å². The van der Waals surface area contributed by atoms with Crippen LogP contribution in [0.15, 0.2) is 0 Å². The van der Waals surface area contributed by atoms with Gasteiger partial charge in [0.05, 0.1) is 5.92 Å². The predicted molar refractivity (Wildman–Crippen MR) is 54.6 cm³/mol. The molecule has 16 heavy (non-hydrogen) atoms. The molecule has 96 valence electrons. The van der Waals surface area contributed by atoms with Crippen LogP contribution in [0.2, 0.25) is 0 Å². The minimum Gasteiger partial charge on any atom is -0.211 e. The zero-order valence-electron chi connectivity index (χ0n) is 8.43. The molecule has 0 aliphatic heterocycles. The molecule has 0 saturated heterocycles. The highest BCUT2D eigenvalue weighted by atomic mass is 35.5. The van der Waals surface area contributed by atoms with Crippen molar-refractivity contribution in [2.24, 2.45) is 5.92 Å². The third-order valence-corrected chi connectivity index (χ3v) is 4.52. The summed E-state index contributed by atoms with van der Waals surface area (Å²) in [6.07, 6.45) is -3.81. The fourth-order valence-electron chi connectivity index (χ4n) is 1.82. The van der Waals surface area contributed by atoms with Gasteiger partial charge in [0.15, 0.2) is 0 Å². The first kappa shape index (κ1) is 14.1. The molecule has 0 heterocycles.